The maximum atomic E-state index is 12.4. The van der Waals surface area contributed by atoms with Crippen molar-refractivity contribution in [3.05, 3.63) is 24.3 Å². The third kappa shape index (κ3) is 5.32. The van der Waals surface area contributed by atoms with Gasteiger partial charge in [0.1, 0.15) is 12.4 Å². The normalized spacial score (nSPS) is 19.6. The number of nitrogens with one attached hydrogen (secondary N) is 1. The summed E-state index contributed by atoms with van der Waals surface area (Å²) in [5.41, 5.74) is 0.720. The Hall–Kier alpha value is -1.83. The lowest BCUT2D eigenvalue weighted by molar-refractivity contribution is 0.0564. The van der Waals surface area contributed by atoms with Gasteiger partial charge in [-0.3, -0.25) is 4.90 Å². The van der Waals surface area contributed by atoms with Crippen LogP contribution in [0.1, 0.15) is 0 Å². The Morgan fingerprint density at radius 2 is 1.84 bits per heavy atom. The highest BCUT2D eigenvalue weighted by atomic mass is 16.5. The van der Waals surface area contributed by atoms with Gasteiger partial charge in [-0.1, -0.05) is 12.1 Å². The summed E-state index contributed by atoms with van der Waals surface area (Å²) in [4.78, 5) is 18.9. The molecule has 2 aliphatic heterocycles. The number of anilines is 1. The van der Waals surface area contributed by atoms with Gasteiger partial charge in [0.25, 0.3) is 0 Å². The van der Waals surface area contributed by atoms with Crippen molar-refractivity contribution < 1.29 is 14.3 Å². The first-order chi connectivity index (χ1) is 12.2. The molecule has 0 atom stereocenters. The number of amides is 2. The van der Waals surface area contributed by atoms with Gasteiger partial charge in [-0.2, -0.15) is 0 Å². The monoisotopic (exact) mass is 348 g/mol. The Morgan fingerprint density at radius 1 is 1.12 bits per heavy atom. The number of morpholine rings is 1. The van der Waals surface area contributed by atoms with Crippen LogP contribution in [0.4, 0.5) is 10.5 Å². The van der Waals surface area contributed by atoms with E-state index in [-0.39, 0.29) is 6.03 Å². The molecule has 0 saturated carbocycles. The molecule has 7 heteroatoms. The van der Waals surface area contributed by atoms with Crippen molar-refractivity contribution in [2.75, 3.05) is 78.0 Å². The molecule has 0 bridgehead atoms. The smallest absolute Gasteiger partial charge is 0.322 e. The minimum Gasteiger partial charge on any atom is -0.490 e. The Labute approximate surface area is 149 Å². The number of nitrogens with zero attached hydrogens (tertiary/aromatic N) is 3. The van der Waals surface area contributed by atoms with Crippen LogP contribution >= 0.6 is 0 Å². The first kappa shape index (κ1) is 18.0. The molecule has 0 aromatic heterocycles. The first-order valence-electron chi connectivity index (χ1n) is 8.99. The summed E-state index contributed by atoms with van der Waals surface area (Å²) in [7, 11) is 2.15. The average Bonchev–Trinajstić information content (AvgIpc) is 2.65. The molecular formula is C18H28N4O3. The van der Waals surface area contributed by atoms with E-state index in [4.69, 9.17) is 9.47 Å². The third-order valence-electron chi connectivity index (χ3n) is 4.69. The summed E-state index contributed by atoms with van der Waals surface area (Å²) >= 11 is 0. The molecule has 2 amide bonds. The van der Waals surface area contributed by atoms with Crippen molar-refractivity contribution in [3.63, 3.8) is 0 Å². The molecule has 2 heterocycles. The van der Waals surface area contributed by atoms with Crippen LogP contribution in [0.3, 0.4) is 0 Å². The molecule has 1 N–H and O–H groups in total. The van der Waals surface area contributed by atoms with Crippen LogP contribution in [0, 0.1) is 0 Å². The lowest BCUT2D eigenvalue weighted by atomic mass is 10.3. The number of carbonyl (C=O) groups is 1. The Bertz CT molecular complexity index is 555. The number of piperazine rings is 1. The van der Waals surface area contributed by atoms with Crippen molar-refractivity contribution in [2.45, 2.75) is 0 Å². The lowest BCUT2D eigenvalue weighted by Gasteiger charge is -2.32. The highest BCUT2D eigenvalue weighted by molar-refractivity contribution is 5.91. The quantitative estimate of drug-likeness (QED) is 0.866. The predicted molar refractivity (Wildman–Crippen MR) is 97.3 cm³/mol. The molecular weight excluding hydrogens is 320 g/mol. The second kappa shape index (κ2) is 9.03. The zero-order valence-electron chi connectivity index (χ0n) is 14.9. The van der Waals surface area contributed by atoms with Crippen LogP contribution < -0.4 is 10.1 Å². The van der Waals surface area contributed by atoms with Crippen molar-refractivity contribution in [1.82, 2.24) is 14.7 Å². The summed E-state index contributed by atoms with van der Waals surface area (Å²) in [5.74, 6) is 0.721. The molecule has 0 unspecified atom stereocenters. The fourth-order valence-corrected chi connectivity index (χ4v) is 3.01. The van der Waals surface area contributed by atoms with E-state index in [1.54, 1.807) is 4.90 Å². The van der Waals surface area contributed by atoms with Crippen LogP contribution in [0.15, 0.2) is 24.3 Å². The van der Waals surface area contributed by atoms with E-state index in [0.29, 0.717) is 32.9 Å². The maximum absolute atomic E-state index is 12.4. The summed E-state index contributed by atoms with van der Waals surface area (Å²) in [6, 6.07) is 7.51. The average molecular weight is 348 g/mol. The Morgan fingerprint density at radius 3 is 2.60 bits per heavy atom. The van der Waals surface area contributed by atoms with E-state index in [1.165, 1.54) is 0 Å². The van der Waals surface area contributed by atoms with E-state index in [0.717, 1.165) is 44.2 Å². The molecule has 7 nitrogen and oxygen atoms in total. The number of benzene rings is 1. The minimum absolute atomic E-state index is 0.0987. The van der Waals surface area contributed by atoms with E-state index in [9.17, 15) is 4.79 Å². The number of rotatable bonds is 5. The largest absolute Gasteiger partial charge is 0.490 e. The Kier molecular flexibility index (Phi) is 6.49. The topological polar surface area (TPSA) is 57.3 Å². The highest BCUT2D eigenvalue weighted by Gasteiger charge is 2.18. The second-order valence-corrected chi connectivity index (χ2v) is 6.52. The van der Waals surface area contributed by atoms with Crippen LogP contribution in [0.5, 0.6) is 5.75 Å². The molecule has 0 spiro atoms. The summed E-state index contributed by atoms with van der Waals surface area (Å²) in [6.45, 7) is 8.32. The van der Waals surface area contributed by atoms with E-state index < -0.39 is 0 Å². The van der Waals surface area contributed by atoms with Gasteiger partial charge in [0, 0.05) is 45.8 Å². The summed E-state index contributed by atoms with van der Waals surface area (Å²) < 4.78 is 11.2. The number of para-hydroxylation sites is 2. The van der Waals surface area contributed by atoms with Gasteiger partial charge in [-0.05, 0) is 19.2 Å². The van der Waals surface area contributed by atoms with Gasteiger partial charge < -0.3 is 24.6 Å². The number of hydrogen-bond donors (Lipinski definition) is 1. The van der Waals surface area contributed by atoms with Crippen molar-refractivity contribution >= 4 is 11.7 Å². The van der Waals surface area contributed by atoms with Crippen LogP contribution in [0.2, 0.25) is 0 Å². The van der Waals surface area contributed by atoms with E-state index >= 15 is 0 Å². The first-order valence-corrected chi connectivity index (χ1v) is 8.99. The highest BCUT2D eigenvalue weighted by Crippen LogP contribution is 2.24. The number of likely N-dealkylation sites (N-methyl/N-ethyl adjacent to an activating group) is 1. The SMILES string of the molecule is CN1CCN(CCOc2ccccc2NC(=O)N2CCOCC2)CC1. The molecule has 2 aliphatic rings. The van der Waals surface area contributed by atoms with E-state index in [2.05, 4.69) is 22.2 Å². The number of carbonyl (C=O) groups excluding carboxylic acids is 1. The van der Waals surface area contributed by atoms with Crippen LogP contribution in [-0.4, -0.2) is 93.4 Å². The number of ether oxygens (including phenoxy) is 2. The zero-order chi connectivity index (χ0) is 17.5. The van der Waals surface area contributed by atoms with Crippen molar-refractivity contribution in [2.24, 2.45) is 0 Å². The maximum Gasteiger partial charge on any atom is 0.322 e. The number of urea groups is 1. The molecule has 25 heavy (non-hydrogen) atoms. The summed E-state index contributed by atoms with van der Waals surface area (Å²) in [5, 5.41) is 2.96. The van der Waals surface area contributed by atoms with Crippen LogP contribution in [-0.2, 0) is 4.74 Å². The molecule has 3 rings (SSSR count). The molecule has 1 aromatic carbocycles. The zero-order valence-corrected chi connectivity index (χ0v) is 14.9. The fourth-order valence-electron chi connectivity index (χ4n) is 3.01. The molecule has 0 aliphatic carbocycles. The van der Waals surface area contributed by atoms with Crippen LogP contribution in [0.25, 0.3) is 0 Å². The molecule has 0 radical (unpaired) electrons. The van der Waals surface area contributed by atoms with Gasteiger partial charge in [0.05, 0.1) is 18.9 Å². The minimum atomic E-state index is -0.0987. The molecule has 2 saturated heterocycles. The predicted octanol–water partition coefficient (Wildman–Crippen LogP) is 1.18. The molecule has 2 fully saturated rings. The molecule has 1 aromatic rings. The van der Waals surface area contributed by atoms with Gasteiger partial charge in [0.15, 0.2) is 0 Å². The second-order valence-electron chi connectivity index (χ2n) is 6.52. The van der Waals surface area contributed by atoms with Gasteiger partial charge in [-0.15, -0.1) is 0 Å². The van der Waals surface area contributed by atoms with Gasteiger partial charge >= 0.3 is 6.03 Å². The van der Waals surface area contributed by atoms with E-state index in [1.807, 2.05) is 24.3 Å². The Balaban J connectivity index is 1.49. The van der Waals surface area contributed by atoms with Crippen molar-refractivity contribution in [3.8, 4) is 5.75 Å². The van der Waals surface area contributed by atoms with Gasteiger partial charge in [0.2, 0.25) is 0 Å². The van der Waals surface area contributed by atoms with Gasteiger partial charge in [-0.25, -0.2) is 4.79 Å². The lowest BCUT2D eigenvalue weighted by Crippen LogP contribution is -2.45. The number of hydrogen-bond acceptors (Lipinski definition) is 5. The fraction of sp³-hybridized carbons (Fsp3) is 0.611. The summed E-state index contributed by atoms with van der Waals surface area (Å²) in [6.07, 6.45) is 0. The van der Waals surface area contributed by atoms with Crippen molar-refractivity contribution in [1.29, 1.82) is 0 Å². The molecule has 138 valence electrons. The third-order valence-corrected chi connectivity index (χ3v) is 4.69. The standard InChI is InChI=1S/C18H28N4O3/c1-20-6-8-21(9-7-20)10-15-25-17-5-3-2-4-16(17)19-18(23)22-11-13-24-14-12-22/h2-5H,6-15H2,1H3,(H,19,23).